The second kappa shape index (κ2) is 7.42. The molecule has 3 rings (SSSR count). The summed E-state index contributed by atoms with van der Waals surface area (Å²) in [6.45, 7) is 6.15. The average molecular weight is 375 g/mol. The largest absolute Gasteiger partial charge is 0.484 e. The molecule has 0 saturated heterocycles. The number of benzene rings is 2. The molecule has 25 heavy (non-hydrogen) atoms. The number of amides is 1. The minimum absolute atomic E-state index is 0.0588. The van der Waals surface area contributed by atoms with Gasteiger partial charge in [0.2, 0.25) is 0 Å². The zero-order valence-corrected chi connectivity index (χ0v) is 15.9. The van der Waals surface area contributed by atoms with Crippen molar-refractivity contribution in [1.82, 2.24) is 4.98 Å². The molecule has 130 valence electrons. The first-order chi connectivity index (χ1) is 11.9. The summed E-state index contributed by atoms with van der Waals surface area (Å²) in [6.07, 6.45) is 0. The molecule has 1 heterocycles. The highest BCUT2D eigenvalue weighted by Crippen LogP contribution is 2.30. The number of nitrogens with one attached hydrogen (secondary N) is 1. The summed E-state index contributed by atoms with van der Waals surface area (Å²) in [4.78, 5) is 16.5. The van der Waals surface area contributed by atoms with Gasteiger partial charge in [-0.1, -0.05) is 48.9 Å². The van der Waals surface area contributed by atoms with Gasteiger partial charge in [0.1, 0.15) is 5.75 Å². The summed E-state index contributed by atoms with van der Waals surface area (Å²) in [5.41, 5.74) is 3.00. The fourth-order valence-electron chi connectivity index (χ4n) is 2.36. The number of hydrogen-bond acceptors (Lipinski definition) is 4. The first kappa shape index (κ1) is 17.7. The number of fused-ring (bicyclic) bond motifs is 1. The fourth-order valence-corrected chi connectivity index (χ4v) is 3.48. The number of thiazole rings is 1. The van der Waals surface area contributed by atoms with Crippen molar-refractivity contribution in [1.29, 1.82) is 0 Å². The van der Waals surface area contributed by atoms with Crippen molar-refractivity contribution in [3.05, 3.63) is 52.5 Å². The maximum atomic E-state index is 12.1. The van der Waals surface area contributed by atoms with E-state index in [1.165, 1.54) is 16.9 Å². The molecule has 1 N–H and O–H groups in total. The van der Waals surface area contributed by atoms with E-state index in [0.29, 0.717) is 21.8 Å². The van der Waals surface area contributed by atoms with Crippen LogP contribution >= 0.6 is 22.9 Å². The summed E-state index contributed by atoms with van der Waals surface area (Å²) < 4.78 is 6.52. The Bertz CT molecular complexity index is 865. The minimum Gasteiger partial charge on any atom is -0.484 e. The quantitative estimate of drug-likeness (QED) is 0.650. The lowest BCUT2D eigenvalue weighted by Gasteiger charge is -2.08. The lowest BCUT2D eigenvalue weighted by molar-refractivity contribution is -0.118. The van der Waals surface area contributed by atoms with E-state index in [1.54, 1.807) is 0 Å². The van der Waals surface area contributed by atoms with E-state index < -0.39 is 0 Å². The number of aromatic nitrogens is 1. The van der Waals surface area contributed by atoms with Crippen molar-refractivity contribution in [2.45, 2.75) is 26.7 Å². The first-order valence-electron chi connectivity index (χ1n) is 8.01. The van der Waals surface area contributed by atoms with E-state index in [1.807, 2.05) is 43.3 Å². The monoisotopic (exact) mass is 374 g/mol. The summed E-state index contributed by atoms with van der Waals surface area (Å²) in [5, 5.41) is 3.98. The van der Waals surface area contributed by atoms with Crippen LogP contribution in [0.25, 0.3) is 10.2 Å². The Balaban J connectivity index is 1.60. The Morgan fingerprint density at radius 1 is 1.28 bits per heavy atom. The molecule has 4 nitrogen and oxygen atoms in total. The zero-order valence-electron chi connectivity index (χ0n) is 14.3. The summed E-state index contributed by atoms with van der Waals surface area (Å²) in [6, 6.07) is 11.6. The second-order valence-electron chi connectivity index (χ2n) is 6.15. The Labute approximate surface area is 155 Å². The molecule has 0 aliphatic rings. The number of nitrogens with zero attached hydrogens (tertiary/aromatic N) is 1. The van der Waals surface area contributed by atoms with Gasteiger partial charge in [0.15, 0.2) is 11.7 Å². The molecular weight excluding hydrogens is 356 g/mol. The minimum atomic E-state index is -0.241. The van der Waals surface area contributed by atoms with E-state index in [2.05, 4.69) is 24.1 Å². The number of rotatable bonds is 5. The van der Waals surface area contributed by atoms with E-state index in [-0.39, 0.29) is 12.5 Å². The molecule has 2 aromatic carbocycles. The Hall–Kier alpha value is -2.11. The number of carbonyl (C=O) groups excluding carboxylic acids is 1. The van der Waals surface area contributed by atoms with Crippen molar-refractivity contribution in [3.63, 3.8) is 0 Å². The molecule has 1 amide bonds. The highest BCUT2D eigenvalue weighted by molar-refractivity contribution is 7.22. The first-order valence-corrected chi connectivity index (χ1v) is 9.21. The van der Waals surface area contributed by atoms with Crippen molar-refractivity contribution >= 4 is 44.2 Å². The molecule has 0 aliphatic heterocycles. The fraction of sp³-hybridized carbons (Fsp3) is 0.263. The third-order valence-electron chi connectivity index (χ3n) is 3.83. The molecule has 0 atom stereocenters. The molecule has 0 bridgehead atoms. The molecule has 0 spiro atoms. The maximum Gasteiger partial charge on any atom is 0.264 e. The molecule has 0 fully saturated rings. The van der Waals surface area contributed by atoms with Gasteiger partial charge in [-0.2, -0.15) is 0 Å². The zero-order chi connectivity index (χ0) is 18.0. The topological polar surface area (TPSA) is 51.2 Å². The van der Waals surface area contributed by atoms with Gasteiger partial charge in [0.25, 0.3) is 5.91 Å². The van der Waals surface area contributed by atoms with Crippen LogP contribution in [0.4, 0.5) is 5.13 Å². The number of hydrogen-bond donors (Lipinski definition) is 1. The van der Waals surface area contributed by atoms with Crippen LogP contribution in [0.3, 0.4) is 0 Å². The lowest BCUT2D eigenvalue weighted by Crippen LogP contribution is -2.20. The van der Waals surface area contributed by atoms with Gasteiger partial charge >= 0.3 is 0 Å². The van der Waals surface area contributed by atoms with Gasteiger partial charge in [0, 0.05) is 5.02 Å². The SMILES string of the molecule is Cc1cc2sc(NC(=O)COc3ccc(C(C)C)cc3)nc2cc1Cl. The van der Waals surface area contributed by atoms with Gasteiger partial charge in [-0.05, 0) is 48.2 Å². The number of carbonyl (C=O) groups is 1. The summed E-state index contributed by atoms with van der Waals surface area (Å²) >= 11 is 7.53. The van der Waals surface area contributed by atoms with Crippen molar-refractivity contribution in [2.75, 3.05) is 11.9 Å². The Morgan fingerprint density at radius 3 is 2.68 bits per heavy atom. The van der Waals surface area contributed by atoms with Crippen LogP contribution in [0.15, 0.2) is 36.4 Å². The third-order valence-corrected chi connectivity index (χ3v) is 5.17. The molecule has 6 heteroatoms. The van der Waals surface area contributed by atoms with Crippen LogP contribution < -0.4 is 10.1 Å². The average Bonchev–Trinajstić information content (AvgIpc) is 2.94. The van der Waals surface area contributed by atoms with Crippen LogP contribution in [0, 0.1) is 6.92 Å². The molecule has 3 aromatic rings. The molecule has 0 radical (unpaired) electrons. The highest BCUT2D eigenvalue weighted by atomic mass is 35.5. The van der Waals surface area contributed by atoms with Crippen LogP contribution in [-0.2, 0) is 4.79 Å². The number of aryl methyl sites for hydroxylation is 1. The smallest absolute Gasteiger partial charge is 0.264 e. The molecule has 0 saturated carbocycles. The Kier molecular flexibility index (Phi) is 5.25. The van der Waals surface area contributed by atoms with Gasteiger partial charge in [0.05, 0.1) is 10.2 Å². The standard InChI is InChI=1S/C19H19ClN2O2S/c1-11(2)13-4-6-14(7-5-13)24-10-18(23)22-19-21-16-9-15(20)12(3)8-17(16)25-19/h4-9,11H,10H2,1-3H3,(H,21,22,23). The molecule has 0 aliphatic carbocycles. The highest BCUT2D eigenvalue weighted by Gasteiger charge is 2.10. The van der Waals surface area contributed by atoms with E-state index in [0.717, 1.165) is 15.8 Å². The van der Waals surface area contributed by atoms with E-state index >= 15 is 0 Å². The normalized spacial score (nSPS) is 11.1. The number of ether oxygens (including phenoxy) is 1. The van der Waals surface area contributed by atoms with Crippen LogP contribution in [0.5, 0.6) is 5.75 Å². The van der Waals surface area contributed by atoms with Crippen LogP contribution in [-0.4, -0.2) is 17.5 Å². The predicted molar refractivity (Wildman–Crippen MR) is 104 cm³/mol. The van der Waals surface area contributed by atoms with Gasteiger partial charge < -0.3 is 4.74 Å². The number of anilines is 1. The van der Waals surface area contributed by atoms with E-state index in [9.17, 15) is 4.79 Å². The summed E-state index contributed by atoms with van der Waals surface area (Å²) in [7, 11) is 0. The van der Waals surface area contributed by atoms with Crippen molar-refractivity contribution in [3.8, 4) is 5.75 Å². The van der Waals surface area contributed by atoms with Crippen molar-refractivity contribution < 1.29 is 9.53 Å². The maximum absolute atomic E-state index is 12.1. The predicted octanol–water partition coefficient (Wildman–Crippen LogP) is 5.40. The second-order valence-corrected chi connectivity index (χ2v) is 7.59. The van der Waals surface area contributed by atoms with Gasteiger partial charge in [-0.15, -0.1) is 0 Å². The van der Waals surface area contributed by atoms with E-state index in [4.69, 9.17) is 16.3 Å². The van der Waals surface area contributed by atoms with Crippen molar-refractivity contribution in [2.24, 2.45) is 0 Å². The Morgan fingerprint density at radius 2 is 2.00 bits per heavy atom. The third kappa shape index (κ3) is 4.30. The van der Waals surface area contributed by atoms with Gasteiger partial charge in [-0.3, -0.25) is 10.1 Å². The lowest BCUT2D eigenvalue weighted by atomic mass is 10.0. The molecular formula is C19H19ClN2O2S. The molecule has 0 unspecified atom stereocenters. The molecule has 1 aromatic heterocycles. The van der Waals surface area contributed by atoms with Crippen LogP contribution in [0.1, 0.15) is 30.9 Å². The van der Waals surface area contributed by atoms with Crippen LogP contribution in [0.2, 0.25) is 5.02 Å². The van der Waals surface area contributed by atoms with Gasteiger partial charge in [-0.25, -0.2) is 4.98 Å². The number of halogens is 1. The summed E-state index contributed by atoms with van der Waals surface area (Å²) in [5.74, 6) is 0.898.